The van der Waals surface area contributed by atoms with Crippen LogP contribution in [0.1, 0.15) is 36.4 Å². The van der Waals surface area contributed by atoms with E-state index >= 15 is 0 Å². The number of likely N-dealkylation sites (N-methyl/N-ethyl adjacent to an activating group) is 1. The number of hydrogen-bond acceptors (Lipinski definition) is 3. The van der Waals surface area contributed by atoms with Gasteiger partial charge in [-0.3, -0.25) is 9.59 Å². The second-order valence-electron chi connectivity index (χ2n) is 8.31. The molecule has 2 unspecified atom stereocenters. The van der Waals surface area contributed by atoms with Crippen LogP contribution >= 0.6 is 0 Å². The molecule has 1 heterocycles. The predicted octanol–water partition coefficient (Wildman–Crippen LogP) is 3.30. The van der Waals surface area contributed by atoms with Crippen molar-refractivity contribution in [2.75, 3.05) is 31.6 Å². The number of halogens is 1. The molecule has 1 saturated heterocycles. The van der Waals surface area contributed by atoms with E-state index in [1.54, 1.807) is 24.1 Å². The van der Waals surface area contributed by atoms with E-state index in [1.807, 2.05) is 12.1 Å². The smallest absolute Gasteiger partial charge is 0.312 e. The Hall–Kier alpha value is -2.89. The summed E-state index contributed by atoms with van der Waals surface area (Å²) in [5.74, 6) is -0.997. The summed E-state index contributed by atoms with van der Waals surface area (Å²) < 4.78 is 13.1. The first kappa shape index (κ1) is 20.4. The Bertz CT molecular complexity index is 915. The fourth-order valence-electron chi connectivity index (χ4n) is 4.63. The SMILES string of the molecule is CN(C(=O)C(=O)NCC1CCN(c2ccc(F)cc2)C1)C1CCCc2ccccc21. The number of nitrogens with one attached hydrogen (secondary N) is 1. The standard InChI is InChI=1S/C24H28FN3O2/c1-27(22-8-4-6-18-5-2-3-7-21(18)22)24(30)23(29)26-15-17-13-14-28(16-17)20-11-9-19(25)10-12-20/h2-3,5,7,9-12,17,22H,4,6,8,13-16H2,1H3,(H,26,29). The minimum Gasteiger partial charge on any atom is -0.371 e. The molecule has 4 rings (SSSR count). The molecule has 6 heteroatoms. The van der Waals surface area contributed by atoms with Crippen LogP contribution in [0, 0.1) is 11.7 Å². The highest BCUT2D eigenvalue weighted by atomic mass is 19.1. The average Bonchev–Trinajstić information content (AvgIpc) is 3.25. The van der Waals surface area contributed by atoms with Crippen molar-refractivity contribution < 1.29 is 14.0 Å². The molecule has 1 aliphatic carbocycles. The number of nitrogens with zero attached hydrogens (tertiary/aromatic N) is 2. The lowest BCUT2D eigenvalue weighted by atomic mass is 9.87. The van der Waals surface area contributed by atoms with E-state index in [2.05, 4.69) is 22.3 Å². The van der Waals surface area contributed by atoms with Crippen LogP contribution in [0.15, 0.2) is 48.5 Å². The van der Waals surface area contributed by atoms with Gasteiger partial charge in [0.1, 0.15) is 5.82 Å². The third-order valence-corrected chi connectivity index (χ3v) is 6.35. The van der Waals surface area contributed by atoms with Crippen LogP contribution < -0.4 is 10.2 Å². The van der Waals surface area contributed by atoms with Crippen molar-refractivity contribution in [2.24, 2.45) is 5.92 Å². The molecule has 158 valence electrons. The molecule has 1 aliphatic heterocycles. The van der Waals surface area contributed by atoms with Gasteiger partial charge in [-0.1, -0.05) is 24.3 Å². The molecular weight excluding hydrogens is 381 g/mol. The first-order valence-corrected chi connectivity index (χ1v) is 10.7. The first-order chi connectivity index (χ1) is 14.5. The Morgan fingerprint density at radius 3 is 2.70 bits per heavy atom. The number of amides is 2. The summed E-state index contributed by atoms with van der Waals surface area (Å²) in [7, 11) is 1.72. The number of aryl methyl sites for hydroxylation is 1. The average molecular weight is 410 g/mol. The van der Waals surface area contributed by atoms with Gasteiger partial charge < -0.3 is 15.1 Å². The third-order valence-electron chi connectivity index (χ3n) is 6.35. The zero-order chi connectivity index (χ0) is 21.1. The fraction of sp³-hybridized carbons (Fsp3) is 0.417. The topological polar surface area (TPSA) is 52.7 Å². The molecule has 2 aromatic carbocycles. The van der Waals surface area contributed by atoms with Crippen molar-refractivity contribution in [2.45, 2.75) is 31.7 Å². The Morgan fingerprint density at radius 1 is 1.13 bits per heavy atom. The number of benzene rings is 2. The van der Waals surface area contributed by atoms with E-state index in [0.29, 0.717) is 6.54 Å². The minimum absolute atomic E-state index is 0.0475. The Kier molecular flexibility index (Phi) is 6.02. The van der Waals surface area contributed by atoms with E-state index in [-0.39, 0.29) is 17.8 Å². The molecule has 2 aromatic rings. The molecule has 0 spiro atoms. The van der Waals surface area contributed by atoms with Crippen molar-refractivity contribution >= 4 is 17.5 Å². The van der Waals surface area contributed by atoms with E-state index in [4.69, 9.17) is 0 Å². The quantitative estimate of drug-likeness (QED) is 0.789. The van der Waals surface area contributed by atoms with Crippen molar-refractivity contribution in [3.8, 4) is 0 Å². The highest BCUT2D eigenvalue weighted by Crippen LogP contribution is 2.33. The zero-order valence-electron chi connectivity index (χ0n) is 17.3. The summed E-state index contributed by atoms with van der Waals surface area (Å²) in [6.45, 7) is 2.11. The maximum atomic E-state index is 13.1. The molecule has 30 heavy (non-hydrogen) atoms. The second-order valence-corrected chi connectivity index (χ2v) is 8.31. The normalized spacial score (nSPS) is 20.5. The molecule has 0 bridgehead atoms. The molecule has 0 saturated carbocycles. The molecule has 1 fully saturated rings. The van der Waals surface area contributed by atoms with Crippen molar-refractivity contribution in [1.82, 2.24) is 10.2 Å². The number of fused-ring (bicyclic) bond motifs is 1. The largest absolute Gasteiger partial charge is 0.371 e. The summed E-state index contributed by atoms with van der Waals surface area (Å²) in [6, 6.07) is 14.6. The van der Waals surface area contributed by atoms with Crippen molar-refractivity contribution in [1.29, 1.82) is 0 Å². The van der Waals surface area contributed by atoms with Gasteiger partial charge in [0.15, 0.2) is 0 Å². The molecule has 0 radical (unpaired) electrons. The molecule has 1 N–H and O–H groups in total. The lowest BCUT2D eigenvalue weighted by Crippen LogP contribution is -2.44. The van der Waals surface area contributed by atoms with Gasteiger partial charge in [-0.25, -0.2) is 4.39 Å². The van der Waals surface area contributed by atoms with Crippen LogP contribution in [0.3, 0.4) is 0 Å². The Balaban J connectivity index is 1.30. The summed E-state index contributed by atoms with van der Waals surface area (Å²) in [5.41, 5.74) is 3.40. The number of hydrogen-bond donors (Lipinski definition) is 1. The van der Waals surface area contributed by atoms with Gasteiger partial charge in [-0.05, 0) is 67.0 Å². The van der Waals surface area contributed by atoms with Crippen molar-refractivity contribution in [3.05, 3.63) is 65.5 Å². The third kappa shape index (κ3) is 4.32. The maximum Gasteiger partial charge on any atom is 0.312 e. The summed E-state index contributed by atoms with van der Waals surface area (Å²) in [6.07, 6.45) is 3.84. The molecule has 2 amide bonds. The highest BCUT2D eigenvalue weighted by Gasteiger charge is 2.30. The van der Waals surface area contributed by atoms with E-state index < -0.39 is 11.8 Å². The van der Waals surface area contributed by atoms with E-state index in [0.717, 1.165) is 50.0 Å². The molecule has 0 aromatic heterocycles. The van der Waals surface area contributed by atoms with Gasteiger partial charge in [-0.2, -0.15) is 0 Å². The summed E-state index contributed by atoms with van der Waals surface area (Å²) in [5, 5.41) is 2.83. The lowest BCUT2D eigenvalue weighted by Gasteiger charge is -2.33. The molecule has 5 nitrogen and oxygen atoms in total. The number of rotatable bonds is 4. The number of carbonyl (C=O) groups excluding carboxylic acids is 2. The summed E-state index contributed by atoms with van der Waals surface area (Å²) >= 11 is 0. The highest BCUT2D eigenvalue weighted by molar-refractivity contribution is 6.35. The van der Waals surface area contributed by atoms with Crippen LogP contribution in [0.4, 0.5) is 10.1 Å². The Labute approximate surface area is 176 Å². The van der Waals surface area contributed by atoms with Gasteiger partial charge in [0.2, 0.25) is 0 Å². The van der Waals surface area contributed by atoms with Gasteiger partial charge in [0, 0.05) is 32.4 Å². The molecule has 2 atom stereocenters. The van der Waals surface area contributed by atoms with E-state index in [1.165, 1.54) is 17.7 Å². The van der Waals surface area contributed by atoms with Crippen LogP contribution in [-0.2, 0) is 16.0 Å². The van der Waals surface area contributed by atoms with Gasteiger partial charge >= 0.3 is 11.8 Å². The first-order valence-electron chi connectivity index (χ1n) is 10.7. The van der Waals surface area contributed by atoms with Crippen LogP contribution in [0.25, 0.3) is 0 Å². The van der Waals surface area contributed by atoms with E-state index in [9.17, 15) is 14.0 Å². The fourth-order valence-corrected chi connectivity index (χ4v) is 4.63. The van der Waals surface area contributed by atoms with Gasteiger partial charge in [-0.15, -0.1) is 0 Å². The lowest BCUT2D eigenvalue weighted by molar-refractivity contribution is -0.146. The maximum absolute atomic E-state index is 13.1. The Morgan fingerprint density at radius 2 is 1.90 bits per heavy atom. The second kappa shape index (κ2) is 8.86. The van der Waals surface area contributed by atoms with Gasteiger partial charge in [0.25, 0.3) is 0 Å². The minimum atomic E-state index is -0.541. The molecular formula is C24H28FN3O2. The monoisotopic (exact) mass is 409 g/mol. The molecule has 2 aliphatic rings. The van der Waals surface area contributed by atoms with Crippen LogP contribution in [-0.4, -0.2) is 43.4 Å². The van der Waals surface area contributed by atoms with Crippen LogP contribution in [0.5, 0.6) is 0 Å². The van der Waals surface area contributed by atoms with Crippen molar-refractivity contribution in [3.63, 3.8) is 0 Å². The number of anilines is 1. The summed E-state index contributed by atoms with van der Waals surface area (Å²) in [4.78, 5) is 29.0. The predicted molar refractivity (Wildman–Crippen MR) is 115 cm³/mol. The number of carbonyl (C=O) groups is 2. The van der Waals surface area contributed by atoms with Crippen LogP contribution in [0.2, 0.25) is 0 Å². The van der Waals surface area contributed by atoms with Gasteiger partial charge in [0.05, 0.1) is 6.04 Å². The zero-order valence-corrected chi connectivity index (χ0v) is 17.3.